The van der Waals surface area contributed by atoms with Gasteiger partial charge in [0.1, 0.15) is 17.8 Å². The van der Waals surface area contributed by atoms with Crippen LogP contribution in [0.25, 0.3) is 0 Å². The molecule has 1 aromatic heterocycles. The van der Waals surface area contributed by atoms with Crippen molar-refractivity contribution in [1.29, 1.82) is 0 Å². The molecular formula is C20H18N4O3. The number of rotatable bonds is 5. The third-order valence-electron chi connectivity index (χ3n) is 4.11. The average molecular weight is 362 g/mol. The van der Waals surface area contributed by atoms with Gasteiger partial charge in [-0.2, -0.15) is 0 Å². The Labute approximate surface area is 156 Å². The number of anilines is 2. The highest BCUT2D eigenvalue weighted by molar-refractivity contribution is 5.92. The molecule has 7 nitrogen and oxygen atoms in total. The molecule has 0 spiro atoms. The number of aromatic nitrogens is 2. The predicted octanol–water partition coefficient (Wildman–Crippen LogP) is 3.19. The number of aryl methyl sites for hydroxylation is 1. The minimum atomic E-state index is -0.276. The number of nitrogens with zero attached hydrogens (tertiary/aromatic N) is 2. The zero-order valence-electron chi connectivity index (χ0n) is 14.7. The minimum Gasteiger partial charge on any atom is -0.454 e. The van der Waals surface area contributed by atoms with Crippen molar-refractivity contribution in [3.63, 3.8) is 0 Å². The van der Waals surface area contributed by atoms with Crippen molar-refractivity contribution < 1.29 is 14.3 Å². The standard InChI is InChI=1S/C20H18N4O3/c1-13-2-5-15(6-3-13)24-19-9-16(22-11-23-19)20(25)21-10-14-4-7-17-18(8-14)27-12-26-17/h2-9,11H,10,12H2,1H3,(H,21,25)(H,22,23,24). The highest BCUT2D eigenvalue weighted by Crippen LogP contribution is 2.32. The Morgan fingerprint density at radius 3 is 2.70 bits per heavy atom. The first-order valence-electron chi connectivity index (χ1n) is 8.50. The number of fused-ring (bicyclic) bond motifs is 1. The summed E-state index contributed by atoms with van der Waals surface area (Å²) in [5, 5.41) is 6.02. The molecule has 0 saturated heterocycles. The van der Waals surface area contributed by atoms with Crippen molar-refractivity contribution in [2.24, 2.45) is 0 Å². The summed E-state index contributed by atoms with van der Waals surface area (Å²) >= 11 is 0. The second-order valence-electron chi connectivity index (χ2n) is 6.15. The van der Waals surface area contributed by atoms with Gasteiger partial charge in [-0.05, 0) is 36.8 Å². The van der Waals surface area contributed by atoms with Crippen molar-refractivity contribution in [2.75, 3.05) is 12.1 Å². The Morgan fingerprint density at radius 2 is 1.85 bits per heavy atom. The van der Waals surface area contributed by atoms with E-state index in [2.05, 4.69) is 20.6 Å². The molecule has 0 fully saturated rings. The molecular weight excluding hydrogens is 344 g/mol. The molecule has 3 aromatic rings. The van der Waals surface area contributed by atoms with Gasteiger partial charge in [0.2, 0.25) is 6.79 Å². The summed E-state index contributed by atoms with van der Waals surface area (Å²) < 4.78 is 10.6. The summed E-state index contributed by atoms with van der Waals surface area (Å²) in [6.45, 7) is 2.61. The van der Waals surface area contributed by atoms with Gasteiger partial charge in [0.25, 0.3) is 5.91 Å². The number of hydrogen-bond acceptors (Lipinski definition) is 6. The number of hydrogen-bond donors (Lipinski definition) is 2. The maximum atomic E-state index is 12.4. The van der Waals surface area contributed by atoms with Gasteiger partial charge in [0.15, 0.2) is 11.5 Å². The normalized spacial score (nSPS) is 11.9. The van der Waals surface area contributed by atoms with Gasteiger partial charge in [0.05, 0.1) is 0 Å². The fourth-order valence-corrected chi connectivity index (χ4v) is 2.66. The van der Waals surface area contributed by atoms with Gasteiger partial charge in [-0.25, -0.2) is 9.97 Å². The molecule has 1 aliphatic rings. The van der Waals surface area contributed by atoms with E-state index < -0.39 is 0 Å². The zero-order valence-corrected chi connectivity index (χ0v) is 14.7. The Kier molecular flexibility index (Phi) is 4.57. The van der Waals surface area contributed by atoms with Gasteiger partial charge in [-0.1, -0.05) is 23.8 Å². The second kappa shape index (κ2) is 7.33. The third kappa shape index (κ3) is 3.98. The van der Waals surface area contributed by atoms with Gasteiger partial charge in [0, 0.05) is 18.3 Å². The lowest BCUT2D eigenvalue weighted by Crippen LogP contribution is -2.24. The molecule has 0 radical (unpaired) electrons. The molecule has 0 saturated carbocycles. The summed E-state index contributed by atoms with van der Waals surface area (Å²) in [5.74, 6) is 1.69. The number of carbonyl (C=O) groups excluding carboxylic acids is 1. The Balaban J connectivity index is 1.40. The topological polar surface area (TPSA) is 85.4 Å². The van der Waals surface area contributed by atoms with Gasteiger partial charge < -0.3 is 20.1 Å². The molecule has 1 amide bonds. The van der Waals surface area contributed by atoms with E-state index in [4.69, 9.17) is 9.47 Å². The van der Waals surface area contributed by atoms with Crippen LogP contribution < -0.4 is 20.1 Å². The molecule has 2 aromatic carbocycles. The number of carbonyl (C=O) groups is 1. The summed E-state index contributed by atoms with van der Waals surface area (Å²) in [4.78, 5) is 20.6. The summed E-state index contributed by atoms with van der Waals surface area (Å²) in [6, 6.07) is 15.1. The second-order valence-corrected chi connectivity index (χ2v) is 6.15. The van der Waals surface area contributed by atoms with Crippen molar-refractivity contribution in [3.05, 3.63) is 71.7 Å². The van der Waals surface area contributed by atoms with Crippen LogP contribution in [0.4, 0.5) is 11.5 Å². The fourth-order valence-electron chi connectivity index (χ4n) is 2.66. The smallest absolute Gasteiger partial charge is 0.270 e. The van der Waals surface area contributed by atoms with Gasteiger partial charge in [-0.15, -0.1) is 0 Å². The average Bonchev–Trinajstić information content (AvgIpc) is 3.16. The summed E-state index contributed by atoms with van der Waals surface area (Å²) in [5.41, 5.74) is 3.28. The predicted molar refractivity (Wildman–Crippen MR) is 100 cm³/mol. The highest BCUT2D eigenvalue weighted by atomic mass is 16.7. The summed E-state index contributed by atoms with van der Waals surface area (Å²) in [7, 11) is 0. The first-order valence-corrected chi connectivity index (χ1v) is 8.50. The zero-order chi connectivity index (χ0) is 18.6. The van der Waals surface area contributed by atoms with E-state index in [0.29, 0.717) is 29.6 Å². The van der Waals surface area contributed by atoms with Crippen LogP contribution >= 0.6 is 0 Å². The molecule has 0 aliphatic carbocycles. The minimum absolute atomic E-state index is 0.225. The molecule has 0 unspecified atom stereocenters. The first kappa shape index (κ1) is 16.8. The first-order chi connectivity index (χ1) is 13.2. The fraction of sp³-hybridized carbons (Fsp3) is 0.150. The number of amides is 1. The monoisotopic (exact) mass is 362 g/mol. The molecule has 2 heterocycles. The lowest BCUT2D eigenvalue weighted by Gasteiger charge is -2.08. The van der Waals surface area contributed by atoms with Crippen LogP contribution in [0.5, 0.6) is 11.5 Å². The Hall–Kier alpha value is -3.61. The molecule has 27 heavy (non-hydrogen) atoms. The van der Waals surface area contributed by atoms with Gasteiger partial charge in [-0.3, -0.25) is 4.79 Å². The van der Waals surface area contributed by atoms with E-state index in [1.807, 2.05) is 49.4 Å². The van der Waals surface area contributed by atoms with Crippen LogP contribution in [-0.4, -0.2) is 22.7 Å². The SMILES string of the molecule is Cc1ccc(Nc2cc(C(=O)NCc3ccc4c(c3)OCO4)ncn2)cc1. The lowest BCUT2D eigenvalue weighted by atomic mass is 10.2. The quantitative estimate of drug-likeness (QED) is 0.725. The van der Waals surface area contributed by atoms with Crippen LogP contribution in [0.3, 0.4) is 0 Å². The van der Waals surface area contributed by atoms with Gasteiger partial charge >= 0.3 is 0 Å². The summed E-state index contributed by atoms with van der Waals surface area (Å²) in [6.07, 6.45) is 1.37. The van der Waals surface area contributed by atoms with E-state index in [0.717, 1.165) is 11.3 Å². The van der Waals surface area contributed by atoms with E-state index in [1.54, 1.807) is 6.07 Å². The van der Waals surface area contributed by atoms with E-state index in [9.17, 15) is 4.79 Å². The van der Waals surface area contributed by atoms with Crippen LogP contribution in [0.2, 0.25) is 0 Å². The largest absolute Gasteiger partial charge is 0.454 e. The highest BCUT2D eigenvalue weighted by Gasteiger charge is 2.14. The number of benzene rings is 2. The molecule has 4 rings (SSSR count). The molecule has 0 atom stereocenters. The van der Waals surface area contributed by atoms with E-state index in [-0.39, 0.29) is 12.7 Å². The van der Waals surface area contributed by atoms with Crippen molar-refractivity contribution in [2.45, 2.75) is 13.5 Å². The molecule has 136 valence electrons. The Bertz CT molecular complexity index is 973. The van der Waals surface area contributed by atoms with E-state index >= 15 is 0 Å². The van der Waals surface area contributed by atoms with Crippen molar-refractivity contribution in [1.82, 2.24) is 15.3 Å². The third-order valence-corrected chi connectivity index (χ3v) is 4.11. The van der Waals surface area contributed by atoms with E-state index in [1.165, 1.54) is 11.9 Å². The maximum absolute atomic E-state index is 12.4. The Morgan fingerprint density at radius 1 is 1.04 bits per heavy atom. The van der Waals surface area contributed by atoms with Crippen molar-refractivity contribution >= 4 is 17.4 Å². The van der Waals surface area contributed by atoms with Crippen LogP contribution in [0, 0.1) is 6.92 Å². The molecule has 7 heteroatoms. The van der Waals surface area contributed by atoms with Crippen LogP contribution in [-0.2, 0) is 6.54 Å². The van der Waals surface area contributed by atoms with Crippen LogP contribution in [0.15, 0.2) is 54.9 Å². The number of nitrogens with one attached hydrogen (secondary N) is 2. The maximum Gasteiger partial charge on any atom is 0.270 e. The van der Waals surface area contributed by atoms with Crippen LogP contribution in [0.1, 0.15) is 21.6 Å². The number of ether oxygens (including phenoxy) is 2. The molecule has 1 aliphatic heterocycles. The molecule has 2 N–H and O–H groups in total. The lowest BCUT2D eigenvalue weighted by molar-refractivity contribution is 0.0945. The molecule has 0 bridgehead atoms. The van der Waals surface area contributed by atoms with Crippen molar-refractivity contribution in [3.8, 4) is 11.5 Å².